The Morgan fingerprint density at radius 1 is 0.938 bits per heavy atom. The van der Waals surface area contributed by atoms with Gasteiger partial charge in [0.1, 0.15) is 0 Å². The second kappa shape index (κ2) is 6.24. The number of hydrogen-bond donors (Lipinski definition) is 2. The molecular weight excluding hydrogens is 200 g/mol. The van der Waals surface area contributed by atoms with Crippen LogP contribution in [0.5, 0.6) is 0 Å². The summed E-state index contributed by atoms with van der Waals surface area (Å²) in [5.74, 6) is 0.116. The Morgan fingerprint density at radius 2 is 1.50 bits per heavy atom. The Hall–Kier alpha value is -0.570. The molecule has 0 atom stereocenters. The molecule has 0 radical (unpaired) electrons. The third kappa shape index (κ3) is 8.72. The molecule has 0 rings (SSSR count). The molecule has 0 heterocycles. The molecule has 0 aliphatic carbocycles. The van der Waals surface area contributed by atoms with Crippen LogP contribution >= 0.6 is 0 Å². The SMILES string of the molecule is CC(C)(C)CCNCCNC(=O)C(C)(C)C. The van der Waals surface area contributed by atoms with E-state index in [0.717, 1.165) is 19.5 Å². The van der Waals surface area contributed by atoms with Gasteiger partial charge < -0.3 is 10.6 Å². The highest BCUT2D eigenvalue weighted by Crippen LogP contribution is 2.16. The second-order valence-electron chi connectivity index (χ2n) is 6.57. The highest BCUT2D eigenvalue weighted by atomic mass is 16.2. The van der Waals surface area contributed by atoms with Crippen LogP contribution < -0.4 is 10.6 Å². The first-order valence-electron chi connectivity index (χ1n) is 6.12. The topological polar surface area (TPSA) is 41.1 Å². The number of amides is 1. The molecule has 0 unspecified atom stereocenters. The van der Waals surface area contributed by atoms with Gasteiger partial charge in [0.25, 0.3) is 0 Å². The predicted octanol–water partition coefficient (Wildman–Crippen LogP) is 2.17. The van der Waals surface area contributed by atoms with E-state index < -0.39 is 0 Å². The number of carbonyl (C=O) groups excluding carboxylic acids is 1. The van der Waals surface area contributed by atoms with Gasteiger partial charge in [0, 0.05) is 18.5 Å². The van der Waals surface area contributed by atoms with Gasteiger partial charge in [0.05, 0.1) is 0 Å². The normalized spacial score (nSPS) is 12.6. The molecule has 0 aromatic rings. The molecule has 16 heavy (non-hydrogen) atoms. The summed E-state index contributed by atoms with van der Waals surface area (Å²) in [5.41, 5.74) is 0.0903. The summed E-state index contributed by atoms with van der Waals surface area (Å²) < 4.78 is 0. The van der Waals surface area contributed by atoms with Crippen LogP contribution in [-0.2, 0) is 4.79 Å². The van der Waals surface area contributed by atoms with Crippen LogP contribution in [0, 0.1) is 10.8 Å². The molecule has 0 aliphatic rings. The first-order chi connectivity index (χ1) is 7.13. The molecule has 3 heteroatoms. The van der Waals surface area contributed by atoms with Crippen molar-refractivity contribution in [2.45, 2.75) is 48.0 Å². The molecule has 3 nitrogen and oxygen atoms in total. The highest BCUT2D eigenvalue weighted by molar-refractivity contribution is 5.81. The van der Waals surface area contributed by atoms with Crippen molar-refractivity contribution in [2.75, 3.05) is 19.6 Å². The molecule has 2 N–H and O–H groups in total. The lowest BCUT2D eigenvalue weighted by molar-refractivity contribution is -0.128. The molecule has 0 bridgehead atoms. The fourth-order valence-electron chi connectivity index (χ4n) is 1.12. The van der Waals surface area contributed by atoms with E-state index in [2.05, 4.69) is 31.4 Å². The van der Waals surface area contributed by atoms with E-state index in [1.54, 1.807) is 0 Å². The molecule has 0 aliphatic heterocycles. The Balaban J connectivity index is 3.45. The average molecular weight is 228 g/mol. The summed E-state index contributed by atoms with van der Waals surface area (Å²) in [6.45, 7) is 15.0. The Bertz CT molecular complexity index is 211. The van der Waals surface area contributed by atoms with Crippen LogP contribution in [0.1, 0.15) is 48.0 Å². The van der Waals surface area contributed by atoms with E-state index in [0.29, 0.717) is 12.0 Å². The molecular formula is C13H28N2O. The zero-order valence-corrected chi connectivity index (χ0v) is 11.7. The van der Waals surface area contributed by atoms with Gasteiger partial charge in [-0.25, -0.2) is 0 Å². The lowest BCUT2D eigenvalue weighted by Crippen LogP contribution is -2.39. The minimum absolute atomic E-state index is 0.116. The first-order valence-corrected chi connectivity index (χ1v) is 6.12. The fourth-order valence-corrected chi connectivity index (χ4v) is 1.12. The summed E-state index contributed by atoms with van der Waals surface area (Å²) in [6, 6.07) is 0. The summed E-state index contributed by atoms with van der Waals surface area (Å²) in [4.78, 5) is 11.5. The predicted molar refractivity (Wildman–Crippen MR) is 69.4 cm³/mol. The molecule has 0 aromatic heterocycles. The standard InChI is InChI=1S/C13H28N2O/c1-12(2,3)7-8-14-9-10-15-11(16)13(4,5)6/h14H,7-10H2,1-6H3,(H,15,16). The van der Waals surface area contributed by atoms with Gasteiger partial charge in [-0.3, -0.25) is 4.79 Å². The van der Waals surface area contributed by atoms with E-state index in [9.17, 15) is 4.79 Å². The number of rotatable bonds is 5. The van der Waals surface area contributed by atoms with Crippen molar-refractivity contribution in [1.29, 1.82) is 0 Å². The minimum atomic E-state index is -0.286. The third-order valence-electron chi connectivity index (χ3n) is 2.32. The summed E-state index contributed by atoms with van der Waals surface area (Å²) in [6.07, 6.45) is 1.15. The molecule has 96 valence electrons. The van der Waals surface area contributed by atoms with Gasteiger partial charge in [0.15, 0.2) is 0 Å². The summed E-state index contributed by atoms with van der Waals surface area (Å²) >= 11 is 0. The average Bonchev–Trinajstić information content (AvgIpc) is 2.07. The quantitative estimate of drug-likeness (QED) is 0.708. The van der Waals surface area contributed by atoms with Gasteiger partial charge in [-0.05, 0) is 18.4 Å². The van der Waals surface area contributed by atoms with Crippen molar-refractivity contribution in [1.82, 2.24) is 10.6 Å². The van der Waals surface area contributed by atoms with E-state index in [1.165, 1.54) is 0 Å². The molecule has 0 aromatic carbocycles. The lowest BCUT2D eigenvalue weighted by atomic mass is 9.92. The molecule has 0 fully saturated rings. The Labute approximate surface area is 100 Å². The van der Waals surface area contributed by atoms with Crippen LogP contribution in [-0.4, -0.2) is 25.5 Å². The van der Waals surface area contributed by atoms with Crippen molar-refractivity contribution >= 4 is 5.91 Å². The van der Waals surface area contributed by atoms with Crippen LogP contribution in [0.3, 0.4) is 0 Å². The van der Waals surface area contributed by atoms with E-state index in [4.69, 9.17) is 0 Å². The van der Waals surface area contributed by atoms with E-state index in [1.807, 2.05) is 20.8 Å². The zero-order chi connectivity index (χ0) is 12.8. The maximum absolute atomic E-state index is 11.5. The fraction of sp³-hybridized carbons (Fsp3) is 0.923. The van der Waals surface area contributed by atoms with E-state index in [-0.39, 0.29) is 11.3 Å². The van der Waals surface area contributed by atoms with Crippen LogP contribution in [0.15, 0.2) is 0 Å². The van der Waals surface area contributed by atoms with Gasteiger partial charge in [-0.15, -0.1) is 0 Å². The molecule has 1 amide bonds. The lowest BCUT2D eigenvalue weighted by Gasteiger charge is -2.19. The maximum atomic E-state index is 11.5. The number of carbonyl (C=O) groups is 1. The van der Waals surface area contributed by atoms with Crippen molar-refractivity contribution in [3.63, 3.8) is 0 Å². The zero-order valence-electron chi connectivity index (χ0n) is 11.7. The number of nitrogens with one attached hydrogen (secondary N) is 2. The molecule has 0 spiro atoms. The smallest absolute Gasteiger partial charge is 0.225 e. The van der Waals surface area contributed by atoms with Crippen molar-refractivity contribution in [3.8, 4) is 0 Å². The molecule has 0 saturated heterocycles. The van der Waals surface area contributed by atoms with Crippen molar-refractivity contribution < 1.29 is 4.79 Å². The Morgan fingerprint density at radius 3 is 1.94 bits per heavy atom. The minimum Gasteiger partial charge on any atom is -0.354 e. The number of hydrogen-bond acceptors (Lipinski definition) is 2. The van der Waals surface area contributed by atoms with E-state index >= 15 is 0 Å². The first kappa shape index (κ1) is 15.4. The van der Waals surface area contributed by atoms with Gasteiger partial charge in [-0.1, -0.05) is 41.5 Å². The summed E-state index contributed by atoms with van der Waals surface area (Å²) in [5, 5.41) is 6.25. The van der Waals surface area contributed by atoms with Gasteiger partial charge in [0.2, 0.25) is 5.91 Å². The van der Waals surface area contributed by atoms with Crippen LogP contribution in [0.2, 0.25) is 0 Å². The summed E-state index contributed by atoms with van der Waals surface area (Å²) in [7, 11) is 0. The largest absolute Gasteiger partial charge is 0.354 e. The maximum Gasteiger partial charge on any atom is 0.225 e. The monoisotopic (exact) mass is 228 g/mol. The Kier molecular flexibility index (Phi) is 6.01. The second-order valence-corrected chi connectivity index (χ2v) is 6.57. The van der Waals surface area contributed by atoms with Gasteiger partial charge in [-0.2, -0.15) is 0 Å². The van der Waals surface area contributed by atoms with Crippen LogP contribution in [0.25, 0.3) is 0 Å². The third-order valence-corrected chi connectivity index (χ3v) is 2.32. The highest BCUT2D eigenvalue weighted by Gasteiger charge is 2.20. The van der Waals surface area contributed by atoms with Crippen molar-refractivity contribution in [3.05, 3.63) is 0 Å². The van der Waals surface area contributed by atoms with Crippen LogP contribution in [0.4, 0.5) is 0 Å². The molecule has 0 saturated carbocycles. The van der Waals surface area contributed by atoms with Crippen molar-refractivity contribution in [2.24, 2.45) is 10.8 Å². The van der Waals surface area contributed by atoms with Gasteiger partial charge >= 0.3 is 0 Å².